The summed E-state index contributed by atoms with van der Waals surface area (Å²) in [6.45, 7) is 2.83. The maximum absolute atomic E-state index is 5.86. The molecule has 0 radical (unpaired) electrons. The Morgan fingerprint density at radius 2 is 1.78 bits per heavy atom. The topological polar surface area (TPSA) is 27.3 Å². The van der Waals surface area contributed by atoms with Gasteiger partial charge in [0.05, 0.1) is 0 Å². The third kappa shape index (κ3) is 6.99. The van der Waals surface area contributed by atoms with Gasteiger partial charge in [-0.05, 0) is 62.1 Å². The van der Waals surface area contributed by atoms with E-state index in [1.807, 2.05) is 30.3 Å². The van der Waals surface area contributed by atoms with Gasteiger partial charge < -0.3 is 15.5 Å². The fourth-order valence-electron chi connectivity index (χ4n) is 2.23. The Morgan fingerprint density at radius 1 is 1.09 bits per heavy atom. The Bertz CT molecular complexity index is 601. The Hall–Kier alpha value is -1.62. The van der Waals surface area contributed by atoms with E-state index < -0.39 is 0 Å². The molecule has 0 aliphatic rings. The van der Waals surface area contributed by atoms with E-state index in [1.54, 1.807) is 0 Å². The fourth-order valence-corrected chi connectivity index (χ4v) is 2.58. The molecule has 0 aliphatic heterocycles. The second-order valence-electron chi connectivity index (χ2n) is 5.46. The normalized spacial score (nSPS) is 10.6. The zero-order valence-electron chi connectivity index (χ0n) is 13.3. The van der Waals surface area contributed by atoms with Crippen LogP contribution in [-0.2, 0) is 6.54 Å². The Kier molecular flexibility index (Phi) is 7.33. The van der Waals surface area contributed by atoms with Crippen molar-refractivity contribution < 1.29 is 0 Å². The van der Waals surface area contributed by atoms with Crippen LogP contribution in [0.3, 0.4) is 0 Å². The Labute approximate surface area is 148 Å². The summed E-state index contributed by atoms with van der Waals surface area (Å²) in [6, 6.07) is 18.0. The molecule has 0 aromatic heterocycles. The van der Waals surface area contributed by atoms with Crippen molar-refractivity contribution >= 4 is 34.6 Å². The molecule has 0 aliphatic carbocycles. The van der Waals surface area contributed by atoms with Gasteiger partial charge in [-0.15, -0.1) is 0 Å². The van der Waals surface area contributed by atoms with E-state index in [9.17, 15) is 0 Å². The van der Waals surface area contributed by atoms with Crippen LogP contribution in [0.15, 0.2) is 54.6 Å². The molecule has 0 spiro atoms. The first kappa shape index (κ1) is 17.7. The molecule has 122 valence electrons. The van der Waals surface area contributed by atoms with E-state index in [0.29, 0.717) is 5.11 Å². The van der Waals surface area contributed by atoms with Crippen LogP contribution in [0.2, 0.25) is 5.02 Å². The SMILES string of the molecule is CN(CCCNC(=S)Nc1ccc(Cl)cc1)Cc1ccccc1. The summed E-state index contributed by atoms with van der Waals surface area (Å²) in [7, 11) is 2.14. The molecule has 0 saturated heterocycles. The van der Waals surface area contributed by atoms with Crippen LogP contribution in [0.4, 0.5) is 5.69 Å². The van der Waals surface area contributed by atoms with Crippen molar-refractivity contribution in [2.45, 2.75) is 13.0 Å². The third-order valence-corrected chi connectivity index (χ3v) is 3.90. The molecule has 3 nitrogen and oxygen atoms in total. The summed E-state index contributed by atoms with van der Waals surface area (Å²) in [5.74, 6) is 0. The molecule has 0 fully saturated rings. The summed E-state index contributed by atoms with van der Waals surface area (Å²) in [5.41, 5.74) is 2.27. The molecule has 0 heterocycles. The van der Waals surface area contributed by atoms with Gasteiger partial charge in [0.15, 0.2) is 5.11 Å². The third-order valence-electron chi connectivity index (χ3n) is 3.40. The quantitative estimate of drug-likeness (QED) is 0.581. The summed E-state index contributed by atoms with van der Waals surface area (Å²) in [4.78, 5) is 2.31. The molecule has 23 heavy (non-hydrogen) atoms. The number of hydrogen-bond acceptors (Lipinski definition) is 2. The minimum absolute atomic E-state index is 0.637. The summed E-state index contributed by atoms with van der Waals surface area (Å²) >= 11 is 11.1. The van der Waals surface area contributed by atoms with Crippen molar-refractivity contribution in [2.75, 3.05) is 25.5 Å². The predicted octanol–water partition coefficient (Wildman–Crippen LogP) is 4.15. The van der Waals surface area contributed by atoms with Crippen LogP contribution in [0.1, 0.15) is 12.0 Å². The summed E-state index contributed by atoms with van der Waals surface area (Å²) in [5, 5.41) is 7.73. The molecule has 2 aromatic rings. The van der Waals surface area contributed by atoms with Gasteiger partial charge in [-0.3, -0.25) is 0 Å². The van der Waals surface area contributed by atoms with Crippen LogP contribution in [0.5, 0.6) is 0 Å². The number of rotatable bonds is 7. The van der Waals surface area contributed by atoms with Gasteiger partial charge >= 0.3 is 0 Å². The maximum Gasteiger partial charge on any atom is 0.170 e. The van der Waals surface area contributed by atoms with Crippen molar-refractivity contribution in [2.24, 2.45) is 0 Å². The standard InChI is InChI=1S/C18H22ClN3S/c1-22(14-15-6-3-2-4-7-15)13-5-12-20-18(23)21-17-10-8-16(19)9-11-17/h2-4,6-11H,5,12-14H2,1H3,(H2,20,21,23). The monoisotopic (exact) mass is 347 g/mol. The summed E-state index contributed by atoms with van der Waals surface area (Å²) < 4.78 is 0. The zero-order chi connectivity index (χ0) is 16.5. The smallest absolute Gasteiger partial charge is 0.170 e. The molecule has 2 N–H and O–H groups in total. The predicted molar refractivity (Wildman–Crippen MR) is 103 cm³/mol. The first-order chi connectivity index (χ1) is 11.1. The van der Waals surface area contributed by atoms with Gasteiger partial charge in [0.25, 0.3) is 0 Å². The first-order valence-corrected chi connectivity index (χ1v) is 8.45. The van der Waals surface area contributed by atoms with Crippen LogP contribution in [0.25, 0.3) is 0 Å². The second-order valence-corrected chi connectivity index (χ2v) is 6.31. The Morgan fingerprint density at radius 3 is 2.48 bits per heavy atom. The van der Waals surface area contributed by atoms with E-state index in [-0.39, 0.29) is 0 Å². The van der Waals surface area contributed by atoms with E-state index >= 15 is 0 Å². The van der Waals surface area contributed by atoms with Crippen LogP contribution in [-0.4, -0.2) is 30.1 Å². The lowest BCUT2D eigenvalue weighted by atomic mass is 10.2. The van der Waals surface area contributed by atoms with Crippen molar-refractivity contribution in [3.8, 4) is 0 Å². The lowest BCUT2D eigenvalue weighted by molar-refractivity contribution is 0.322. The number of thiocarbonyl (C=S) groups is 1. The number of anilines is 1. The van der Waals surface area contributed by atoms with Gasteiger partial charge in [0, 0.05) is 23.8 Å². The molecule has 0 saturated carbocycles. The molecular formula is C18H22ClN3S. The van der Waals surface area contributed by atoms with Crippen LogP contribution in [0, 0.1) is 0 Å². The lowest BCUT2D eigenvalue weighted by Crippen LogP contribution is -2.31. The zero-order valence-corrected chi connectivity index (χ0v) is 14.8. The van der Waals surface area contributed by atoms with E-state index in [0.717, 1.165) is 36.8 Å². The molecule has 0 atom stereocenters. The lowest BCUT2D eigenvalue weighted by Gasteiger charge is -2.17. The van der Waals surface area contributed by atoms with Crippen molar-refractivity contribution in [3.63, 3.8) is 0 Å². The van der Waals surface area contributed by atoms with Gasteiger partial charge in [-0.2, -0.15) is 0 Å². The number of halogens is 1. The highest BCUT2D eigenvalue weighted by Crippen LogP contribution is 2.13. The highest BCUT2D eigenvalue weighted by Gasteiger charge is 2.01. The number of nitrogens with zero attached hydrogens (tertiary/aromatic N) is 1. The van der Waals surface area contributed by atoms with Crippen molar-refractivity contribution in [1.29, 1.82) is 0 Å². The minimum Gasteiger partial charge on any atom is -0.362 e. The molecule has 2 rings (SSSR count). The van der Waals surface area contributed by atoms with Gasteiger partial charge in [0.1, 0.15) is 0 Å². The number of nitrogens with one attached hydrogen (secondary N) is 2. The fraction of sp³-hybridized carbons (Fsp3) is 0.278. The van der Waals surface area contributed by atoms with Gasteiger partial charge in [0.2, 0.25) is 0 Å². The van der Waals surface area contributed by atoms with Crippen molar-refractivity contribution in [1.82, 2.24) is 10.2 Å². The van der Waals surface area contributed by atoms with E-state index in [1.165, 1.54) is 5.56 Å². The van der Waals surface area contributed by atoms with Crippen LogP contribution < -0.4 is 10.6 Å². The molecule has 2 aromatic carbocycles. The number of benzene rings is 2. The molecule has 5 heteroatoms. The van der Waals surface area contributed by atoms with E-state index in [4.69, 9.17) is 23.8 Å². The van der Waals surface area contributed by atoms with Crippen molar-refractivity contribution in [3.05, 3.63) is 65.2 Å². The minimum atomic E-state index is 0.637. The maximum atomic E-state index is 5.86. The first-order valence-electron chi connectivity index (χ1n) is 7.66. The average molecular weight is 348 g/mol. The average Bonchev–Trinajstić information content (AvgIpc) is 2.55. The molecular weight excluding hydrogens is 326 g/mol. The summed E-state index contributed by atoms with van der Waals surface area (Å²) in [6.07, 6.45) is 1.03. The largest absolute Gasteiger partial charge is 0.362 e. The number of hydrogen-bond donors (Lipinski definition) is 2. The van der Waals surface area contributed by atoms with Gasteiger partial charge in [-0.25, -0.2) is 0 Å². The second kappa shape index (κ2) is 9.50. The van der Waals surface area contributed by atoms with Crippen LogP contribution >= 0.6 is 23.8 Å². The highest BCUT2D eigenvalue weighted by atomic mass is 35.5. The highest BCUT2D eigenvalue weighted by molar-refractivity contribution is 7.80. The van der Waals surface area contributed by atoms with Gasteiger partial charge in [-0.1, -0.05) is 41.9 Å². The Balaban J connectivity index is 1.61. The molecule has 0 amide bonds. The molecule has 0 unspecified atom stereocenters. The molecule has 0 bridgehead atoms. The van der Waals surface area contributed by atoms with E-state index in [2.05, 4.69) is 46.8 Å².